The Hall–Kier alpha value is -0.870. The van der Waals surface area contributed by atoms with E-state index in [4.69, 9.17) is 0 Å². The van der Waals surface area contributed by atoms with E-state index in [2.05, 4.69) is 13.8 Å². The molecule has 4 heteroatoms. The predicted molar refractivity (Wildman–Crippen MR) is 94.8 cm³/mol. The van der Waals surface area contributed by atoms with Gasteiger partial charge in [0.1, 0.15) is 10.1 Å². The topological polar surface area (TPSA) is 57.2 Å². The maximum atomic E-state index is 11.3. The third kappa shape index (κ3) is 7.49. The van der Waals surface area contributed by atoms with Crippen LogP contribution in [0, 0.1) is 6.92 Å². The van der Waals surface area contributed by atoms with Crippen molar-refractivity contribution in [3.63, 3.8) is 0 Å². The zero-order valence-electron chi connectivity index (χ0n) is 14.8. The molecule has 0 radical (unpaired) electrons. The van der Waals surface area contributed by atoms with Crippen LogP contribution in [-0.4, -0.2) is 13.0 Å². The van der Waals surface area contributed by atoms with Crippen LogP contribution < -0.4 is 0 Å². The maximum absolute atomic E-state index is 11.3. The molecule has 0 aromatic heterocycles. The Morgan fingerprint density at radius 3 is 2.13 bits per heavy atom. The summed E-state index contributed by atoms with van der Waals surface area (Å²) in [6, 6.07) is 5.25. The van der Waals surface area contributed by atoms with E-state index in [-0.39, 0.29) is 10.8 Å². The molecule has 0 bridgehead atoms. The Morgan fingerprint density at radius 2 is 1.57 bits per heavy atom. The minimum absolute atomic E-state index is 0.0715. The molecule has 0 aliphatic rings. The van der Waals surface area contributed by atoms with E-state index in [9.17, 15) is 13.0 Å². The van der Waals surface area contributed by atoms with Crippen LogP contribution in [0.2, 0.25) is 0 Å². The van der Waals surface area contributed by atoms with E-state index in [1.165, 1.54) is 44.9 Å². The monoisotopic (exact) mass is 339 g/mol. The van der Waals surface area contributed by atoms with Crippen molar-refractivity contribution in [3.05, 3.63) is 29.3 Å². The molecule has 0 aliphatic heterocycles. The Bertz CT molecular complexity index is 564. The highest BCUT2D eigenvalue weighted by atomic mass is 32.2. The van der Waals surface area contributed by atoms with Crippen LogP contribution in [0.1, 0.15) is 88.7 Å². The van der Waals surface area contributed by atoms with Crippen molar-refractivity contribution in [1.29, 1.82) is 0 Å². The van der Waals surface area contributed by atoms with Gasteiger partial charge in [0.15, 0.2) is 0 Å². The molecular weight excluding hydrogens is 308 g/mol. The quantitative estimate of drug-likeness (QED) is 0.393. The van der Waals surface area contributed by atoms with Crippen molar-refractivity contribution < 1.29 is 13.0 Å². The van der Waals surface area contributed by atoms with E-state index in [0.29, 0.717) is 5.56 Å². The third-order valence-electron chi connectivity index (χ3n) is 4.54. The van der Waals surface area contributed by atoms with Gasteiger partial charge in [-0.25, -0.2) is 8.42 Å². The van der Waals surface area contributed by atoms with E-state index >= 15 is 0 Å². The second kappa shape index (κ2) is 10.1. The summed E-state index contributed by atoms with van der Waals surface area (Å²) < 4.78 is 33.8. The highest BCUT2D eigenvalue weighted by Crippen LogP contribution is 2.26. The first-order valence-electron chi connectivity index (χ1n) is 8.92. The summed E-state index contributed by atoms with van der Waals surface area (Å²) in [5.74, 6) is 0.288. The molecular formula is C19H31O3S-. The molecule has 0 N–H and O–H groups in total. The Morgan fingerprint density at radius 1 is 1.00 bits per heavy atom. The minimum atomic E-state index is -4.38. The van der Waals surface area contributed by atoms with Gasteiger partial charge in [-0.05, 0) is 36.5 Å². The molecule has 0 aliphatic carbocycles. The molecule has 3 nitrogen and oxygen atoms in total. The lowest BCUT2D eigenvalue weighted by molar-refractivity contribution is 0.462. The summed E-state index contributed by atoms with van der Waals surface area (Å²) in [5.41, 5.74) is 1.48. The summed E-state index contributed by atoms with van der Waals surface area (Å²) in [4.78, 5) is -0.0715. The molecule has 0 fully saturated rings. The van der Waals surface area contributed by atoms with Crippen molar-refractivity contribution in [2.45, 2.75) is 89.4 Å². The number of benzene rings is 1. The SMILES string of the molecule is CCCCCCCCCCC(C)c1ccc(C)c(S(=O)(=O)[O-])c1. The zero-order chi connectivity index (χ0) is 17.3. The summed E-state index contributed by atoms with van der Waals surface area (Å²) in [6.07, 6.45) is 11.3. The molecule has 0 heterocycles. The van der Waals surface area contributed by atoms with Crippen LogP contribution in [0.5, 0.6) is 0 Å². The van der Waals surface area contributed by atoms with Gasteiger partial charge in [-0.1, -0.05) is 77.3 Å². The molecule has 1 atom stereocenters. The first-order valence-corrected chi connectivity index (χ1v) is 10.3. The lowest BCUT2D eigenvalue weighted by atomic mass is 9.94. The summed E-state index contributed by atoms with van der Waals surface area (Å²) in [7, 11) is -4.38. The second-order valence-electron chi connectivity index (χ2n) is 6.64. The number of hydrogen-bond donors (Lipinski definition) is 0. The lowest BCUT2D eigenvalue weighted by Gasteiger charge is -2.16. The first kappa shape index (κ1) is 20.2. The molecule has 1 unspecified atom stereocenters. The maximum Gasteiger partial charge on any atom is 0.124 e. The first-order chi connectivity index (χ1) is 10.9. The van der Waals surface area contributed by atoms with E-state index in [1.54, 1.807) is 19.1 Å². The van der Waals surface area contributed by atoms with Crippen molar-refractivity contribution in [2.75, 3.05) is 0 Å². The molecule has 23 heavy (non-hydrogen) atoms. The number of unbranched alkanes of at least 4 members (excludes halogenated alkanes) is 7. The number of aryl methyl sites for hydroxylation is 1. The fourth-order valence-corrected chi connectivity index (χ4v) is 3.69. The van der Waals surface area contributed by atoms with Gasteiger partial charge in [0, 0.05) is 0 Å². The standard InChI is InChI=1S/C19H32O3S/c1-4-5-6-7-8-9-10-11-12-16(2)18-14-13-17(3)19(15-18)23(20,21)22/h13-16H,4-12H2,1-3H3,(H,20,21,22)/p-1. The third-order valence-corrected chi connectivity index (χ3v) is 5.52. The van der Waals surface area contributed by atoms with Crippen LogP contribution >= 0.6 is 0 Å². The van der Waals surface area contributed by atoms with Gasteiger partial charge in [0.2, 0.25) is 0 Å². The fourth-order valence-electron chi connectivity index (χ4n) is 2.94. The summed E-state index contributed by atoms with van der Waals surface area (Å²) in [6.45, 7) is 6.00. The number of hydrogen-bond acceptors (Lipinski definition) is 3. The molecule has 1 aromatic carbocycles. The van der Waals surface area contributed by atoms with Gasteiger partial charge < -0.3 is 4.55 Å². The molecule has 0 spiro atoms. The molecule has 132 valence electrons. The van der Waals surface area contributed by atoms with E-state index < -0.39 is 10.1 Å². The second-order valence-corrected chi connectivity index (χ2v) is 7.99. The van der Waals surface area contributed by atoms with Gasteiger partial charge >= 0.3 is 0 Å². The normalized spacial score (nSPS) is 13.2. The van der Waals surface area contributed by atoms with Crippen molar-refractivity contribution in [2.24, 2.45) is 0 Å². The number of rotatable bonds is 11. The Balaban J connectivity index is 2.39. The largest absolute Gasteiger partial charge is 0.744 e. The van der Waals surface area contributed by atoms with Crippen LogP contribution in [0.25, 0.3) is 0 Å². The highest BCUT2D eigenvalue weighted by Gasteiger charge is 2.11. The minimum Gasteiger partial charge on any atom is -0.744 e. The predicted octanol–water partition coefficient (Wildman–Crippen LogP) is 5.53. The molecule has 1 rings (SSSR count). The Kier molecular flexibility index (Phi) is 8.85. The smallest absolute Gasteiger partial charge is 0.124 e. The van der Waals surface area contributed by atoms with Crippen molar-refractivity contribution in [1.82, 2.24) is 0 Å². The highest BCUT2D eigenvalue weighted by molar-refractivity contribution is 7.85. The molecule has 1 aromatic rings. The van der Waals surface area contributed by atoms with Gasteiger partial charge in [-0.15, -0.1) is 0 Å². The van der Waals surface area contributed by atoms with Crippen LogP contribution in [0.4, 0.5) is 0 Å². The molecule has 0 amide bonds. The van der Waals surface area contributed by atoms with Crippen LogP contribution in [0.3, 0.4) is 0 Å². The zero-order valence-corrected chi connectivity index (χ0v) is 15.6. The van der Waals surface area contributed by atoms with E-state index in [1.807, 2.05) is 6.07 Å². The fraction of sp³-hybridized carbons (Fsp3) is 0.684. The molecule has 0 saturated carbocycles. The van der Waals surface area contributed by atoms with Gasteiger partial charge in [0.05, 0.1) is 4.90 Å². The van der Waals surface area contributed by atoms with Gasteiger partial charge in [0.25, 0.3) is 0 Å². The lowest BCUT2D eigenvalue weighted by Crippen LogP contribution is -2.04. The van der Waals surface area contributed by atoms with Crippen molar-refractivity contribution in [3.8, 4) is 0 Å². The Labute approximate surface area is 142 Å². The van der Waals surface area contributed by atoms with Crippen molar-refractivity contribution >= 4 is 10.1 Å². The van der Waals surface area contributed by atoms with Crippen LogP contribution in [-0.2, 0) is 10.1 Å². The summed E-state index contributed by atoms with van der Waals surface area (Å²) in [5, 5.41) is 0. The van der Waals surface area contributed by atoms with Gasteiger partial charge in [-0.2, -0.15) is 0 Å². The average molecular weight is 340 g/mol. The summed E-state index contributed by atoms with van der Waals surface area (Å²) >= 11 is 0. The molecule has 0 saturated heterocycles. The van der Waals surface area contributed by atoms with E-state index in [0.717, 1.165) is 18.4 Å². The van der Waals surface area contributed by atoms with Crippen LogP contribution in [0.15, 0.2) is 23.1 Å². The van der Waals surface area contributed by atoms with Gasteiger partial charge in [-0.3, -0.25) is 0 Å². The average Bonchev–Trinajstić information content (AvgIpc) is 2.49.